The first-order chi connectivity index (χ1) is 12.2. The normalized spacial score (nSPS) is 20.0. The summed E-state index contributed by atoms with van der Waals surface area (Å²) < 4.78 is 0. The van der Waals surface area contributed by atoms with Crippen LogP contribution in [0.4, 0.5) is 5.82 Å². The van der Waals surface area contributed by atoms with Crippen LogP contribution in [0.5, 0.6) is 0 Å². The van der Waals surface area contributed by atoms with E-state index in [0.717, 1.165) is 37.3 Å². The lowest BCUT2D eigenvalue weighted by Crippen LogP contribution is -2.40. The Balaban J connectivity index is 0.00000131. The van der Waals surface area contributed by atoms with Crippen LogP contribution in [0, 0.1) is 0 Å². The van der Waals surface area contributed by atoms with Gasteiger partial charge in [0.05, 0.1) is 11.2 Å². The molecule has 27 heavy (non-hydrogen) atoms. The molecular weight excluding hydrogens is 385 g/mol. The highest BCUT2D eigenvalue weighted by Gasteiger charge is 2.27. The van der Waals surface area contributed by atoms with Gasteiger partial charge in [-0.1, -0.05) is 6.92 Å². The van der Waals surface area contributed by atoms with Gasteiger partial charge >= 0.3 is 0 Å². The number of halogens is 2. The summed E-state index contributed by atoms with van der Waals surface area (Å²) in [5.74, 6) is 1.13. The van der Waals surface area contributed by atoms with E-state index in [9.17, 15) is 4.79 Å². The number of carbonyl (C=O) groups is 1. The molecular formula is C19H29Cl2N5O. The number of rotatable bonds is 5. The zero-order valence-corrected chi connectivity index (χ0v) is 17.5. The topological polar surface area (TPSA) is 73.1 Å². The largest absolute Gasteiger partial charge is 0.357 e. The maximum absolute atomic E-state index is 12.0. The molecule has 0 unspecified atom stereocenters. The monoisotopic (exact) mass is 413 g/mol. The lowest BCUT2D eigenvalue weighted by Gasteiger charge is -2.27. The number of pyridine rings is 1. The average Bonchev–Trinajstić information content (AvgIpc) is 3.11. The molecule has 2 aliphatic heterocycles. The van der Waals surface area contributed by atoms with Crippen LogP contribution in [0.25, 0.3) is 10.9 Å². The van der Waals surface area contributed by atoms with Crippen molar-refractivity contribution >= 4 is 47.4 Å². The zero-order valence-electron chi connectivity index (χ0n) is 15.9. The molecule has 0 saturated carbocycles. The summed E-state index contributed by atoms with van der Waals surface area (Å²) in [7, 11) is 2.19. The number of amides is 1. The van der Waals surface area contributed by atoms with E-state index in [1.54, 1.807) is 0 Å². The van der Waals surface area contributed by atoms with Crippen LogP contribution >= 0.6 is 24.8 Å². The van der Waals surface area contributed by atoms with Crippen LogP contribution in [0.3, 0.4) is 0 Å². The molecule has 3 N–H and O–H groups in total. The number of nitrogens with zero attached hydrogens (tertiary/aromatic N) is 2. The minimum Gasteiger partial charge on any atom is -0.357 e. The van der Waals surface area contributed by atoms with Gasteiger partial charge in [0.1, 0.15) is 5.82 Å². The molecule has 8 heteroatoms. The number of fused-ring (bicyclic) bond motifs is 1. The quantitative estimate of drug-likeness (QED) is 0.699. The lowest BCUT2D eigenvalue weighted by atomic mass is 9.96. The molecule has 150 valence electrons. The number of H-pyrrole nitrogens is 1. The Morgan fingerprint density at radius 1 is 1.33 bits per heavy atom. The van der Waals surface area contributed by atoms with Gasteiger partial charge < -0.3 is 15.6 Å². The third kappa shape index (κ3) is 4.40. The highest BCUT2D eigenvalue weighted by Crippen LogP contribution is 2.35. The second kappa shape index (κ2) is 9.24. The van der Waals surface area contributed by atoms with E-state index in [1.165, 1.54) is 23.9 Å². The first-order valence-corrected chi connectivity index (χ1v) is 9.40. The second-order valence-corrected chi connectivity index (χ2v) is 7.37. The summed E-state index contributed by atoms with van der Waals surface area (Å²) in [4.78, 5) is 22.8. The number of aromatic amines is 1. The molecule has 0 radical (unpaired) electrons. The fourth-order valence-corrected chi connectivity index (χ4v) is 3.95. The van der Waals surface area contributed by atoms with Gasteiger partial charge in [-0.2, -0.15) is 0 Å². The Morgan fingerprint density at radius 3 is 2.70 bits per heavy atom. The van der Waals surface area contributed by atoms with Crippen molar-refractivity contribution in [3.8, 4) is 0 Å². The van der Waals surface area contributed by atoms with Crippen molar-refractivity contribution in [2.24, 2.45) is 0 Å². The average molecular weight is 414 g/mol. The van der Waals surface area contributed by atoms with E-state index >= 15 is 0 Å². The number of likely N-dealkylation sites (tertiary alicyclic amines) is 1. The van der Waals surface area contributed by atoms with E-state index in [2.05, 4.69) is 33.6 Å². The molecule has 0 aromatic carbocycles. The van der Waals surface area contributed by atoms with E-state index in [4.69, 9.17) is 4.98 Å². The smallest absolute Gasteiger partial charge is 0.225 e. The molecule has 0 bridgehead atoms. The van der Waals surface area contributed by atoms with E-state index in [1.807, 2.05) is 13.0 Å². The number of aromatic nitrogens is 2. The van der Waals surface area contributed by atoms with Gasteiger partial charge in [0.2, 0.25) is 5.91 Å². The molecule has 2 aromatic rings. The van der Waals surface area contributed by atoms with Crippen LogP contribution < -0.4 is 10.6 Å². The van der Waals surface area contributed by atoms with Gasteiger partial charge in [-0.15, -0.1) is 24.8 Å². The fraction of sp³-hybridized carbons (Fsp3) is 0.579. The van der Waals surface area contributed by atoms with Gasteiger partial charge in [-0.05, 0) is 38.9 Å². The Bertz CT molecular complexity index is 790. The molecule has 4 rings (SSSR count). The van der Waals surface area contributed by atoms with Gasteiger partial charge in [0.15, 0.2) is 0 Å². The van der Waals surface area contributed by atoms with Crippen LogP contribution in [-0.4, -0.2) is 47.5 Å². The van der Waals surface area contributed by atoms with Crippen molar-refractivity contribution < 1.29 is 4.79 Å². The number of hydrogen-bond donors (Lipinski definition) is 3. The van der Waals surface area contributed by atoms with Crippen molar-refractivity contribution in [3.63, 3.8) is 0 Å². The van der Waals surface area contributed by atoms with Crippen molar-refractivity contribution in [3.05, 3.63) is 23.5 Å². The Morgan fingerprint density at radius 2 is 2.11 bits per heavy atom. The van der Waals surface area contributed by atoms with Crippen molar-refractivity contribution in [2.45, 2.75) is 44.6 Å². The zero-order chi connectivity index (χ0) is 17.4. The third-order valence-electron chi connectivity index (χ3n) is 5.46. The highest BCUT2D eigenvalue weighted by atomic mass is 35.5. The molecule has 2 aromatic heterocycles. The molecule has 2 aliphatic rings. The van der Waals surface area contributed by atoms with Crippen molar-refractivity contribution in [1.29, 1.82) is 0 Å². The summed E-state index contributed by atoms with van der Waals surface area (Å²) >= 11 is 0. The summed E-state index contributed by atoms with van der Waals surface area (Å²) in [6.45, 7) is 5.07. The van der Waals surface area contributed by atoms with E-state index in [-0.39, 0.29) is 30.7 Å². The van der Waals surface area contributed by atoms with Crippen LogP contribution in [0.1, 0.15) is 56.0 Å². The van der Waals surface area contributed by atoms with Crippen LogP contribution in [0.2, 0.25) is 0 Å². The summed E-state index contributed by atoms with van der Waals surface area (Å²) in [6.07, 6.45) is 3.81. The van der Waals surface area contributed by atoms with Crippen LogP contribution in [-0.2, 0) is 4.79 Å². The first kappa shape index (κ1) is 22.0. The Labute approximate surface area is 172 Å². The lowest BCUT2D eigenvalue weighted by molar-refractivity contribution is -0.116. The third-order valence-corrected chi connectivity index (χ3v) is 5.46. The molecule has 0 spiro atoms. The molecule has 1 atom stereocenters. The minimum absolute atomic E-state index is 0. The number of carbonyl (C=O) groups excluding carboxylic acids is 1. The SMILES string of the molecule is CCCC(=O)Nc1cc2[nH]c([C@H]3CCCN3C)cc2c(C2CNC2)n1.Cl.Cl. The van der Waals surface area contributed by atoms with Gasteiger partial charge in [-0.25, -0.2) is 4.98 Å². The molecule has 0 aliphatic carbocycles. The standard InChI is InChI=1S/C19H27N5O.2ClH/c1-3-5-18(25)22-17-9-14-13(19(23-17)12-10-20-11-12)8-15(21-14)16-6-4-7-24(16)2;;/h8-9,12,16,20-21H,3-7,10-11H2,1-2H3,(H,22,23,25);2*1H/t16-;;/m1../s1. The molecule has 1 amide bonds. The highest BCUT2D eigenvalue weighted by molar-refractivity contribution is 5.93. The number of hydrogen-bond acceptors (Lipinski definition) is 4. The Kier molecular flexibility index (Phi) is 7.51. The minimum atomic E-state index is 0. The maximum atomic E-state index is 12.0. The summed E-state index contributed by atoms with van der Waals surface area (Å²) in [6, 6.07) is 4.72. The number of anilines is 1. The van der Waals surface area contributed by atoms with Gasteiger partial charge in [-0.3, -0.25) is 9.69 Å². The predicted octanol–water partition coefficient (Wildman–Crippen LogP) is 3.60. The van der Waals surface area contributed by atoms with Crippen molar-refractivity contribution in [2.75, 3.05) is 32.0 Å². The molecule has 6 nitrogen and oxygen atoms in total. The molecule has 4 heterocycles. The van der Waals surface area contributed by atoms with Gasteiger partial charge in [0.25, 0.3) is 0 Å². The predicted molar refractivity (Wildman–Crippen MR) is 114 cm³/mol. The van der Waals surface area contributed by atoms with E-state index in [0.29, 0.717) is 24.2 Å². The first-order valence-electron chi connectivity index (χ1n) is 9.40. The summed E-state index contributed by atoms with van der Waals surface area (Å²) in [5, 5.41) is 7.50. The maximum Gasteiger partial charge on any atom is 0.225 e. The molecule has 2 saturated heterocycles. The molecule has 2 fully saturated rings. The van der Waals surface area contributed by atoms with Gasteiger partial charge in [0, 0.05) is 48.6 Å². The summed E-state index contributed by atoms with van der Waals surface area (Å²) in [5.41, 5.74) is 3.45. The number of nitrogens with one attached hydrogen (secondary N) is 3. The Hall–Kier alpha value is -1.34. The van der Waals surface area contributed by atoms with Crippen LogP contribution in [0.15, 0.2) is 12.1 Å². The van der Waals surface area contributed by atoms with E-state index < -0.39 is 0 Å². The van der Waals surface area contributed by atoms with Crippen molar-refractivity contribution in [1.82, 2.24) is 20.2 Å². The second-order valence-electron chi connectivity index (χ2n) is 7.37. The fourth-order valence-electron chi connectivity index (χ4n) is 3.95.